The van der Waals surface area contributed by atoms with Crippen LogP contribution < -0.4 is 5.32 Å². The van der Waals surface area contributed by atoms with Gasteiger partial charge in [0.2, 0.25) is 0 Å². The summed E-state index contributed by atoms with van der Waals surface area (Å²) in [6.45, 7) is 7.21. The molecule has 4 nitrogen and oxygen atoms in total. The van der Waals surface area contributed by atoms with Crippen molar-refractivity contribution in [2.24, 2.45) is 0 Å². The molecule has 0 aliphatic heterocycles. The second-order valence-electron chi connectivity index (χ2n) is 5.23. The van der Waals surface area contributed by atoms with Crippen LogP contribution in [-0.2, 0) is 9.53 Å². The second kappa shape index (κ2) is 10.00. The molecule has 0 aliphatic rings. The van der Waals surface area contributed by atoms with Gasteiger partial charge in [-0.1, -0.05) is 6.92 Å². The van der Waals surface area contributed by atoms with Gasteiger partial charge in [-0.25, -0.2) is 0 Å². The van der Waals surface area contributed by atoms with Gasteiger partial charge >= 0.3 is 12.1 Å². The average Bonchev–Trinajstić information content (AvgIpc) is 2.35. The molecule has 1 unspecified atom stereocenters. The molecule has 0 fully saturated rings. The first-order valence-electron chi connectivity index (χ1n) is 7.42. The minimum Gasteiger partial charge on any atom is -0.465 e. The maximum absolute atomic E-state index is 12.5. The lowest BCUT2D eigenvalue weighted by molar-refractivity contribution is -0.151. The Hall–Kier alpha value is -0.820. The number of halogens is 3. The molecular weight excluding hydrogens is 285 g/mol. The molecule has 0 bridgehead atoms. The van der Waals surface area contributed by atoms with Gasteiger partial charge in [0.25, 0.3) is 0 Å². The number of hydrogen-bond acceptors (Lipinski definition) is 4. The second-order valence-corrected chi connectivity index (χ2v) is 5.23. The van der Waals surface area contributed by atoms with E-state index in [1.165, 1.54) is 4.90 Å². The van der Waals surface area contributed by atoms with Crippen molar-refractivity contribution in [2.75, 3.05) is 26.2 Å². The molecule has 126 valence electrons. The van der Waals surface area contributed by atoms with Crippen molar-refractivity contribution < 1.29 is 22.7 Å². The molecule has 0 radical (unpaired) electrons. The van der Waals surface area contributed by atoms with E-state index in [4.69, 9.17) is 4.74 Å². The molecule has 0 saturated carbocycles. The largest absolute Gasteiger partial charge is 0.465 e. The third kappa shape index (κ3) is 9.68. The van der Waals surface area contributed by atoms with Crippen molar-refractivity contribution in [1.82, 2.24) is 10.2 Å². The Labute approximate surface area is 125 Å². The summed E-state index contributed by atoms with van der Waals surface area (Å²) in [5.74, 6) is -0.401. The van der Waals surface area contributed by atoms with Crippen molar-refractivity contribution in [3.05, 3.63) is 0 Å². The van der Waals surface area contributed by atoms with Gasteiger partial charge in [-0.15, -0.1) is 0 Å². The molecule has 7 heteroatoms. The van der Waals surface area contributed by atoms with Gasteiger partial charge in [0.05, 0.1) is 13.2 Å². The molecule has 0 spiro atoms. The molecule has 1 N–H and O–H groups in total. The highest BCUT2D eigenvalue weighted by Crippen LogP contribution is 2.18. The fourth-order valence-electron chi connectivity index (χ4n) is 1.91. The van der Waals surface area contributed by atoms with Crippen LogP contribution in [0.25, 0.3) is 0 Å². The summed E-state index contributed by atoms with van der Waals surface area (Å²) in [5, 5.41) is 3.03. The number of carbonyl (C=O) groups is 1. The Kier molecular flexibility index (Phi) is 9.61. The standard InChI is InChI=1S/C14H27F3N2O2/c1-5-8-18-12(13(20)21-6-2)7-9-19(11(3)4)10-14(15,16)17/h11-12,18H,5-10H2,1-4H3. The van der Waals surface area contributed by atoms with Gasteiger partial charge < -0.3 is 10.1 Å². The molecule has 0 amide bonds. The number of nitrogens with one attached hydrogen (secondary N) is 1. The highest BCUT2D eigenvalue weighted by Gasteiger charge is 2.32. The lowest BCUT2D eigenvalue weighted by Gasteiger charge is -2.29. The molecule has 0 saturated heterocycles. The molecule has 1 atom stereocenters. The van der Waals surface area contributed by atoms with Gasteiger partial charge in [0.1, 0.15) is 6.04 Å². The summed E-state index contributed by atoms with van der Waals surface area (Å²) < 4.78 is 42.5. The predicted octanol–water partition coefficient (Wildman–Crippen LogP) is 2.58. The minimum atomic E-state index is -4.24. The van der Waals surface area contributed by atoms with Crippen LogP contribution in [0.15, 0.2) is 0 Å². The summed E-state index contributed by atoms with van der Waals surface area (Å²) in [6.07, 6.45) is -3.10. The normalized spacial score (nSPS) is 13.8. The highest BCUT2D eigenvalue weighted by atomic mass is 19.4. The Morgan fingerprint density at radius 1 is 1.29 bits per heavy atom. The highest BCUT2D eigenvalue weighted by molar-refractivity contribution is 5.75. The number of ether oxygens (including phenoxy) is 1. The maximum Gasteiger partial charge on any atom is 0.401 e. The van der Waals surface area contributed by atoms with E-state index in [9.17, 15) is 18.0 Å². The summed E-state index contributed by atoms with van der Waals surface area (Å²) >= 11 is 0. The quantitative estimate of drug-likeness (QED) is 0.630. The molecule has 0 aromatic rings. The molecule has 0 aliphatic carbocycles. The summed E-state index contributed by atoms with van der Waals surface area (Å²) in [6, 6.07) is -0.792. The number of alkyl halides is 3. The van der Waals surface area contributed by atoms with Crippen molar-refractivity contribution in [2.45, 2.75) is 58.8 Å². The summed E-state index contributed by atoms with van der Waals surface area (Å²) in [7, 11) is 0. The zero-order chi connectivity index (χ0) is 16.5. The Balaban J connectivity index is 4.55. The Bertz CT molecular complexity index is 296. The minimum absolute atomic E-state index is 0.192. The van der Waals surface area contributed by atoms with Crippen LogP contribution in [0.1, 0.15) is 40.5 Å². The van der Waals surface area contributed by atoms with Crippen LogP contribution in [0.4, 0.5) is 13.2 Å². The van der Waals surface area contributed by atoms with Crippen LogP contribution in [-0.4, -0.2) is 55.4 Å². The third-order valence-corrected chi connectivity index (χ3v) is 3.03. The van der Waals surface area contributed by atoms with E-state index in [0.29, 0.717) is 13.0 Å². The molecular formula is C14H27F3N2O2. The van der Waals surface area contributed by atoms with Crippen molar-refractivity contribution in [3.8, 4) is 0 Å². The first-order valence-corrected chi connectivity index (χ1v) is 7.42. The fraction of sp³-hybridized carbons (Fsp3) is 0.929. The van der Waals surface area contributed by atoms with Crippen LogP contribution in [0.3, 0.4) is 0 Å². The summed E-state index contributed by atoms with van der Waals surface area (Å²) in [5.41, 5.74) is 0. The van der Waals surface area contributed by atoms with E-state index in [0.717, 1.165) is 6.42 Å². The molecule has 0 heterocycles. The SMILES string of the molecule is CCCNC(CCN(CC(F)(F)F)C(C)C)C(=O)OCC. The molecule has 0 rings (SSSR count). The molecule has 0 aromatic carbocycles. The Morgan fingerprint density at radius 2 is 1.90 bits per heavy atom. The van der Waals surface area contributed by atoms with Crippen LogP contribution in [0, 0.1) is 0 Å². The van der Waals surface area contributed by atoms with Crippen molar-refractivity contribution in [1.29, 1.82) is 0 Å². The first-order chi connectivity index (χ1) is 9.71. The number of rotatable bonds is 10. The monoisotopic (exact) mass is 312 g/mol. The van der Waals surface area contributed by atoms with Crippen LogP contribution in [0.2, 0.25) is 0 Å². The van der Waals surface area contributed by atoms with Crippen molar-refractivity contribution >= 4 is 5.97 Å². The molecule has 0 aromatic heterocycles. The maximum atomic E-state index is 12.5. The third-order valence-electron chi connectivity index (χ3n) is 3.03. The average molecular weight is 312 g/mol. The van der Waals surface area contributed by atoms with E-state index >= 15 is 0 Å². The number of esters is 1. The van der Waals surface area contributed by atoms with Crippen LogP contribution >= 0.6 is 0 Å². The van der Waals surface area contributed by atoms with Gasteiger partial charge in [0.15, 0.2) is 0 Å². The number of nitrogens with zero attached hydrogens (tertiary/aromatic N) is 1. The number of hydrogen-bond donors (Lipinski definition) is 1. The van der Waals surface area contributed by atoms with E-state index in [2.05, 4.69) is 5.32 Å². The van der Waals surface area contributed by atoms with E-state index in [-0.39, 0.29) is 19.2 Å². The van der Waals surface area contributed by atoms with E-state index < -0.39 is 24.7 Å². The zero-order valence-electron chi connectivity index (χ0n) is 13.3. The van der Waals surface area contributed by atoms with Crippen LogP contribution in [0.5, 0.6) is 0 Å². The van der Waals surface area contributed by atoms with Gasteiger partial charge in [0, 0.05) is 12.6 Å². The molecule has 21 heavy (non-hydrogen) atoms. The first kappa shape index (κ1) is 20.2. The lowest BCUT2D eigenvalue weighted by atomic mass is 10.1. The predicted molar refractivity (Wildman–Crippen MR) is 76.1 cm³/mol. The van der Waals surface area contributed by atoms with Gasteiger partial charge in [-0.2, -0.15) is 13.2 Å². The number of carbonyl (C=O) groups excluding carboxylic acids is 1. The zero-order valence-corrected chi connectivity index (χ0v) is 13.3. The topological polar surface area (TPSA) is 41.6 Å². The van der Waals surface area contributed by atoms with Gasteiger partial charge in [-0.05, 0) is 40.2 Å². The smallest absolute Gasteiger partial charge is 0.401 e. The van der Waals surface area contributed by atoms with E-state index in [1.54, 1.807) is 20.8 Å². The van der Waals surface area contributed by atoms with Crippen molar-refractivity contribution in [3.63, 3.8) is 0 Å². The fourth-order valence-corrected chi connectivity index (χ4v) is 1.91. The lowest BCUT2D eigenvalue weighted by Crippen LogP contribution is -2.45. The summed E-state index contributed by atoms with van der Waals surface area (Å²) in [4.78, 5) is 13.1. The van der Waals surface area contributed by atoms with Gasteiger partial charge in [-0.3, -0.25) is 9.69 Å². The van der Waals surface area contributed by atoms with E-state index in [1.807, 2.05) is 6.92 Å². The Morgan fingerprint density at radius 3 is 2.33 bits per heavy atom.